The van der Waals surface area contributed by atoms with Gasteiger partial charge in [0.15, 0.2) is 0 Å². The van der Waals surface area contributed by atoms with Gasteiger partial charge in [-0.3, -0.25) is 4.79 Å². The Kier molecular flexibility index (Phi) is 4.98. The fourth-order valence-corrected chi connectivity index (χ4v) is 3.37. The summed E-state index contributed by atoms with van der Waals surface area (Å²) in [7, 11) is 1.72. The van der Waals surface area contributed by atoms with Gasteiger partial charge in [0.2, 0.25) is 0 Å². The monoisotopic (exact) mass is 343 g/mol. The third-order valence-corrected chi connectivity index (χ3v) is 4.68. The van der Waals surface area contributed by atoms with Crippen LogP contribution >= 0.6 is 11.6 Å². The van der Waals surface area contributed by atoms with E-state index in [2.05, 4.69) is 16.4 Å². The maximum atomic E-state index is 12.7. The van der Waals surface area contributed by atoms with Crippen LogP contribution in [0.5, 0.6) is 0 Å². The van der Waals surface area contributed by atoms with Crippen LogP contribution in [0.1, 0.15) is 41.7 Å². The highest BCUT2D eigenvalue weighted by Crippen LogP contribution is 2.24. The van der Waals surface area contributed by atoms with Gasteiger partial charge in [0.25, 0.3) is 5.91 Å². The van der Waals surface area contributed by atoms with E-state index in [1.165, 1.54) is 0 Å². The van der Waals surface area contributed by atoms with Crippen LogP contribution in [0, 0.1) is 11.3 Å². The fraction of sp³-hybridized carbons (Fsp3) is 0.389. The first kappa shape index (κ1) is 16.7. The normalized spacial score (nSPS) is 20.5. The molecule has 1 aromatic heterocycles. The summed E-state index contributed by atoms with van der Waals surface area (Å²) in [6.07, 6.45) is 3.95. The van der Waals surface area contributed by atoms with Crippen LogP contribution in [-0.4, -0.2) is 30.1 Å². The molecule has 1 N–H and O–H groups in total. The summed E-state index contributed by atoms with van der Waals surface area (Å²) in [6, 6.07) is 9.01. The van der Waals surface area contributed by atoms with Gasteiger partial charge >= 0.3 is 0 Å². The van der Waals surface area contributed by atoms with E-state index >= 15 is 0 Å². The number of pyridine rings is 1. The van der Waals surface area contributed by atoms with Crippen molar-refractivity contribution in [1.82, 2.24) is 10.3 Å². The maximum Gasteiger partial charge on any atom is 0.270 e. The summed E-state index contributed by atoms with van der Waals surface area (Å²) >= 11 is 6.05. The SMILES string of the molecule is CO[C@H]1CC[C@H](NC(=O)c2nc(Cl)cc3cc(C#N)ccc23)CC1. The molecule has 0 bridgehead atoms. The number of hydrogen-bond acceptors (Lipinski definition) is 4. The summed E-state index contributed by atoms with van der Waals surface area (Å²) in [5.41, 5.74) is 0.824. The van der Waals surface area contributed by atoms with Gasteiger partial charge in [0.05, 0.1) is 17.7 Å². The minimum absolute atomic E-state index is 0.123. The highest BCUT2D eigenvalue weighted by atomic mass is 35.5. The number of nitrogens with zero attached hydrogens (tertiary/aromatic N) is 2. The van der Waals surface area contributed by atoms with E-state index in [9.17, 15) is 4.79 Å². The van der Waals surface area contributed by atoms with Crippen molar-refractivity contribution < 1.29 is 9.53 Å². The van der Waals surface area contributed by atoms with E-state index in [-0.39, 0.29) is 23.2 Å². The number of carbonyl (C=O) groups excluding carboxylic acids is 1. The molecule has 6 heteroatoms. The van der Waals surface area contributed by atoms with Crippen LogP contribution in [0.3, 0.4) is 0 Å². The van der Waals surface area contributed by atoms with Crippen molar-refractivity contribution in [1.29, 1.82) is 5.26 Å². The number of nitriles is 1. The lowest BCUT2D eigenvalue weighted by molar-refractivity contribution is 0.0598. The van der Waals surface area contributed by atoms with Crippen molar-refractivity contribution in [3.8, 4) is 6.07 Å². The minimum Gasteiger partial charge on any atom is -0.381 e. The zero-order valence-corrected chi connectivity index (χ0v) is 14.1. The lowest BCUT2D eigenvalue weighted by Crippen LogP contribution is -2.39. The molecule has 2 aromatic rings. The number of fused-ring (bicyclic) bond motifs is 1. The Balaban J connectivity index is 1.83. The number of methoxy groups -OCH3 is 1. The Morgan fingerprint density at radius 1 is 1.33 bits per heavy atom. The van der Waals surface area contributed by atoms with Gasteiger partial charge in [-0.2, -0.15) is 5.26 Å². The van der Waals surface area contributed by atoms with E-state index < -0.39 is 0 Å². The highest BCUT2D eigenvalue weighted by molar-refractivity contribution is 6.30. The van der Waals surface area contributed by atoms with Crippen LogP contribution in [0.2, 0.25) is 5.15 Å². The van der Waals surface area contributed by atoms with Crippen LogP contribution < -0.4 is 5.32 Å². The Hall–Kier alpha value is -2.16. The molecule has 0 radical (unpaired) electrons. The first-order valence-corrected chi connectivity index (χ1v) is 8.32. The van der Waals surface area contributed by atoms with Crippen LogP contribution in [0.4, 0.5) is 0 Å². The van der Waals surface area contributed by atoms with Crippen molar-refractivity contribution in [3.63, 3.8) is 0 Å². The quantitative estimate of drug-likeness (QED) is 0.866. The Morgan fingerprint density at radius 2 is 2.08 bits per heavy atom. The average molecular weight is 344 g/mol. The summed E-state index contributed by atoms with van der Waals surface area (Å²) < 4.78 is 5.36. The van der Waals surface area contributed by atoms with Gasteiger partial charge in [0.1, 0.15) is 10.8 Å². The lowest BCUT2D eigenvalue weighted by Gasteiger charge is -2.28. The second-order valence-electron chi connectivity index (χ2n) is 6.02. The molecule has 5 nitrogen and oxygen atoms in total. The second kappa shape index (κ2) is 7.16. The van der Waals surface area contributed by atoms with Gasteiger partial charge in [0, 0.05) is 18.5 Å². The van der Waals surface area contributed by atoms with Gasteiger partial charge in [-0.25, -0.2) is 4.98 Å². The number of carbonyl (C=O) groups is 1. The molecule has 0 atom stereocenters. The predicted octanol–water partition coefficient (Wildman–Crippen LogP) is 3.45. The molecule has 1 amide bonds. The van der Waals surface area contributed by atoms with Crippen molar-refractivity contribution in [2.45, 2.75) is 37.8 Å². The largest absolute Gasteiger partial charge is 0.381 e. The first-order chi connectivity index (χ1) is 11.6. The first-order valence-electron chi connectivity index (χ1n) is 7.94. The number of aromatic nitrogens is 1. The van der Waals surface area contributed by atoms with E-state index in [1.54, 1.807) is 31.4 Å². The predicted molar refractivity (Wildman–Crippen MR) is 92.0 cm³/mol. The molecule has 3 rings (SSSR count). The molecular formula is C18H18ClN3O2. The van der Waals surface area contributed by atoms with Crippen LogP contribution in [0.25, 0.3) is 10.8 Å². The number of rotatable bonds is 3. The topological polar surface area (TPSA) is 75.0 Å². The molecule has 1 heterocycles. The molecule has 1 fully saturated rings. The third kappa shape index (κ3) is 3.50. The molecule has 124 valence electrons. The fourth-order valence-electron chi connectivity index (χ4n) is 3.16. The molecule has 24 heavy (non-hydrogen) atoms. The van der Waals surface area contributed by atoms with Crippen molar-refractivity contribution in [2.24, 2.45) is 0 Å². The number of hydrogen-bond donors (Lipinski definition) is 1. The standard InChI is InChI=1S/C18H18ClN3O2/c1-24-14-5-3-13(4-6-14)21-18(23)17-15-7-2-11(10-20)8-12(15)9-16(19)22-17/h2,7-9,13-14H,3-6H2,1H3,(H,21,23)/t13-,14-. The number of nitrogens with one attached hydrogen (secondary N) is 1. The van der Waals surface area contributed by atoms with E-state index in [0.717, 1.165) is 31.1 Å². The molecular weight excluding hydrogens is 326 g/mol. The van der Waals surface area contributed by atoms with Gasteiger partial charge in [-0.15, -0.1) is 0 Å². The highest BCUT2D eigenvalue weighted by Gasteiger charge is 2.23. The number of ether oxygens (including phenoxy) is 1. The third-order valence-electron chi connectivity index (χ3n) is 4.49. The van der Waals surface area contributed by atoms with Crippen molar-refractivity contribution in [2.75, 3.05) is 7.11 Å². The van der Waals surface area contributed by atoms with Crippen molar-refractivity contribution in [3.05, 3.63) is 40.7 Å². The zero-order chi connectivity index (χ0) is 17.1. The van der Waals surface area contributed by atoms with E-state index in [1.807, 2.05) is 0 Å². The summed E-state index contributed by atoms with van der Waals surface area (Å²) in [5, 5.41) is 13.7. The molecule has 1 saturated carbocycles. The summed E-state index contributed by atoms with van der Waals surface area (Å²) in [6.45, 7) is 0. The van der Waals surface area contributed by atoms with E-state index in [0.29, 0.717) is 16.6 Å². The van der Waals surface area contributed by atoms with E-state index in [4.69, 9.17) is 21.6 Å². The van der Waals surface area contributed by atoms with Gasteiger partial charge in [-0.1, -0.05) is 17.7 Å². The summed E-state index contributed by atoms with van der Waals surface area (Å²) in [5.74, 6) is -0.229. The van der Waals surface area contributed by atoms with Crippen LogP contribution in [0.15, 0.2) is 24.3 Å². The van der Waals surface area contributed by atoms with Gasteiger partial charge in [-0.05, 0) is 49.3 Å². The lowest BCUT2D eigenvalue weighted by atomic mass is 9.93. The Morgan fingerprint density at radius 3 is 2.75 bits per heavy atom. The number of halogens is 1. The summed E-state index contributed by atoms with van der Waals surface area (Å²) in [4.78, 5) is 16.9. The number of benzene rings is 1. The molecule has 0 saturated heterocycles. The smallest absolute Gasteiger partial charge is 0.270 e. The Bertz CT molecular complexity index is 808. The zero-order valence-electron chi connectivity index (χ0n) is 13.4. The minimum atomic E-state index is -0.229. The molecule has 1 aromatic carbocycles. The molecule has 1 aliphatic rings. The number of amides is 1. The average Bonchev–Trinajstić information content (AvgIpc) is 2.61. The molecule has 0 aliphatic heterocycles. The molecule has 0 spiro atoms. The Labute approximate surface area is 145 Å². The molecule has 1 aliphatic carbocycles. The molecule has 0 unspecified atom stereocenters. The van der Waals surface area contributed by atoms with Crippen LogP contribution in [-0.2, 0) is 4.74 Å². The second-order valence-corrected chi connectivity index (χ2v) is 6.41. The van der Waals surface area contributed by atoms with Crippen molar-refractivity contribution >= 4 is 28.3 Å². The van der Waals surface area contributed by atoms with Gasteiger partial charge < -0.3 is 10.1 Å². The maximum absolute atomic E-state index is 12.7.